The molecule has 17 heavy (non-hydrogen) atoms. The third kappa shape index (κ3) is 11.2. The second kappa shape index (κ2) is 10.1. The van der Waals surface area contributed by atoms with Crippen LogP contribution in [-0.4, -0.2) is 29.9 Å². The first-order valence-electron chi connectivity index (χ1n) is 5.92. The second-order valence-corrected chi connectivity index (χ2v) is 3.74. The van der Waals surface area contributed by atoms with Crippen molar-refractivity contribution in [1.82, 2.24) is 0 Å². The standard InChI is InChI=1S/C12H21O5/c1-3-4-9-16-10(2)17-12(15)8-6-5-7-11(13)14/h10H,2-9H2,1H3,(H,13,14). The summed E-state index contributed by atoms with van der Waals surface area (Å²) in [5, 5.41) is 8.40. The predicted molar refractivity (Wildman–Crippen MR) is 62.2 cm³/mol. The minimum atomic E-state index is -0.851. The first-order valence-corrected chi connectivity index (χ1v) is 5.92. The molecule has 0 heterocycles. The third-order valence-electron chi connectivity index (χ3n) is 2.09. The molecule has 5 nitrogen and oxygen atoms in total. The molecule has 1 atom stereocenters. The van der Waals surface area contributed by atoms with E-state index < -0.39 is 18.2 Å². The van der Waals surface area contributed by atoms with Crippen LogP contribution in [0.4, 0.5) is 0 Å². The van der Waals surface area contributed by atoms with Gasteiger partial charge in [0.1, 0.15) is 0 Å². The molecule has 0 saturated carbocycles. The summed E-state index contributed by atoms with van der Waals surface area (Å²) in [5.41, 5.74) is 0. The summed E-state index contributed by atoms with van der Waals surface area (Å²) in [6.07, 6.45) is 2.41. The van der Waals surface area contributed by atoms with Gasteiger partial charge in [-0.25, -0.2) is 0 Å². The van der Waals surface area contributed by atoms with E-state index in [4.69, 9.17) is 14.6 Å². The fourth-order valence-corrected chi connectivity index (χ4v) is 1.14. The molecule has 0 aromatic rings. The lowest BCUT2D eigenvalue weighted by Gasteiger charge is -2.13. The van der Waals surface area contributed by atoms with Crippen LogP contribution in [0.25, 0.3) is 0 Å². The Bertz CT molecular complexity index is 227. The predicted octanol–water partition coefficient (Wildman–Crippen LogP) is 2.15. The molecule has 0 spiro atoms. The van der Waals surface area contributed by atoms with Crippen molar-refractivity contribution in [1.29, 1.82) is 0 Å². The number of hydrogen-bond acceptors (Lipinski definition) is 4. The Balaban J connectivity index is 3.47. The summed E-state index contributed by atoms with van der Waals surface area (Å²) in [5.74, 6) is -1.25. The Hall–Kier alpha value is -1.10. The summed E-state index contributed by atoms with van der Waals surface area (Å²) in [6, 6.07) is 0. The number of carbonyl (C=O) groups is 2. The van der Waals surface area contributed by atoms with Gasteiger partial charge in [-0.15, -0.1) is 0 Å². The molecule has 0 aromatic carbocycles. The number of aliphatic carboxylic acids is 1. The Kier molecular flexibility index (Phi) is 9.43. The summed E-state index contributed by atoms with van der Waals surface area (Å²) in [7, 11) is 0. The van der Waals surface area contributed by atoms with Crippen LogP contribution >= 0.6 is 0 Å². The van der Waals surface area contributed by atoms with E-state index in [1.807, 2.05) is 6.92 Å². The first kappa shape index (κ1) is 15.9. The molecular weight excluding hydrogens is 224 g/mol. The highest BCUT2D eigenvalue weighted by Crippen LogP contribution is 2.04. The molecule has 1 radical (unpaired) electrons. The number of hydrogen-bond donors (Lipinski definition) is 1. The van der Waals surface area contributed by atoms with Gasteiger partial charge in [0.15, 0.2) is 0 Å². The van der Waals surface area contributed by atoms with Crippen molar-refractivity contribution in [2.24, 2.45) is 0 Å². The fraction of sp³-hybridized carbons (Fsp3) is 0.750. The van der Waals surface area contributed by atoms with E-state index >= 15 is 0 Å². The zero-order valence-corrected chi connectivity index (χ0v) is 10.3. The Morgan fingerprint density at radius 3 is 2.47 bits per heavy atom. The highest BCUT2D eigenvalue weighted by molar-refractivity contribution is 5.69. The lowest BCUT2D eigenvalue weighted by Crippen LogP contribution is -2.18. The molecule has 1 N–H and O–H groups in total. The number of rotatable bonds is 10. The zero-order chi connectivity index (χ0) is 13.1. The number of esters is 1. The van der Waals surface area contributed by atoms with Crippen molar-refractivity contribution in [2.45, 2.75) is 51.7 Å². The molecule has 99 valence electrons. The number of ether oxygens (including phenoxy) is 2. The molecule has 0 aliphatic carbocycles. The summed E-state index contributed by atoms with van der Waals surface area (Å²) in [4.78, 5) is 21.5. The average molecular weight is 245 g/mol. The molecule has 0 bridgehead atoms. The quantitative estimate of drug-likeness (QED) is 0.362. The largest absolute Gasteiger partial charge is 0.481 e. The maximum atomic E-state index is 11.2. The van der Waals surface area contributed by atoms with Crippen LogP contribution in [-0.2, 0) is 19.1 Å². The van der Waals surface area contributed by atoms with Crippen LogP contribution in [0.5, 0.6) is 0 Å². The summed E-state index contributed by atoms with van der Waals surface area (Å²) >= 11 is 0. The van der Waals surface area contributed by atoms with Crippen molar-refractivity contribution in [3.05, 3.63) is 6.92 Å². The van der Waals surface area contributed by atoms with Crippen molar-refractivity contribution >= 4 is 11.9 Å². The monoisotopic (exact) mass is 245 g/mol. The van der Waals surface area contributed by atoms with Gasteiger partial charge in [-0.2, -0.15) is 0 Å². The van der Waals surface area contributed by atoms with Crippen LogP contribution in [0, 0.1) is 6.92 Å². The SMILES string of the molecule is [CH2]C(OCCCC)OC(=O)CCCCC(=O)O. The van der Waals surface area contributed by atoms with E-state index in [1.54, 1.807) is 0 Å². The van der Waals surface area contributed by atoms with Gasteiger partial charge in [0, 0.05) is 19.8 Å². The van der Waals surface area contributed by atoms with Gasteiger partial charge in [0.25, 0.3) is 0 Å². The number of unbranched alkanes of at least 4 members (excludes halogenated alkanes) is 2. The number of carboxylic acid groups (broad SMARTS) is 1. The molecule has 1 unspecified atom stereocenters. The molecule has 5 heteroatoms. The molecule has 0 amide bonds. The molecule has 0 aliphatic heterocycles. The first-order chi connectivity index (χ1) is 8.06. The zero-order valence-electron chi connectivity index (χ0n) is 10.3. The number of carbonyl (C=O) groups excluding carboxylic acids is 1. The molecule has 0 fully saturated rings. The van der Waals surface area contributed by atoms with E-state index in [0.29, 0.717) is 19.4 Å². The van der Waals surface area contributed by atoms with Crippen molar-refractivity contribution in [3.8, 4) is 0 Å². The van der Waals surface area contributed by atoms with Gasteiger partial charge in [-0.05, 0) is 19.3 Å². The summed E-state index contributed by atoms with van der Waals surface area (Å²) in [6.45, 7) is 6.11. The molecule has 0 aliphatic rings. The minimum Gasteiger partial charge on any atom is -0.481 e. The van der Waals surface area contributed by atoms with Crippen LogP contribution in [0.15, 0.2) is 0 Å². The maximum Gasteiger partial charge on any atom is 0.308 e. The Labute approximate surface area is 102 Å². The van der Waals surface area contributed by atoms with Gasteiger partial charge < -0.3 is 14.6 Å². The smallest absolute Gasteiger partial charge is 0.308 e. The third-order valence-corrected chi connectivity index (χ3v) is 2.09. The van der Waals surface area contributed by atoms with Crippen molar-refractivity contribution in [2.75, 3.05) is 6.61 Å². The summed E-state index contributed by atoms with van der Waals surface area (Å²) < 4.78 is 10.0. The van der Waals surface area contributed by atoms with Crippen LogP contribution in [0.3, 0.4) is 0 Å². The normalized spacial score (nSPS) is 12.1. The second-order valence-electron chi connectivity index (χ2n) is 3.74. The topological polar surface area (TPSA) is 72.8 Å². The van der Waals surface area contributed by atoms with Gasteiger partial charge in [0.05, 0.1) is 6.61 Å². The highest BCUT2D eigenvalue weighted by Gasteiger charge is 2.09. The average Bonchev–Trinajstić information content (AvgIpc) is 2.24. The highest BCUT2D eigenvalue weighted by atomic mass is 16.7. The lowest BCUT2D eigenvalue weighted by molar-refractivity contribution is -0.169. The molecule has 0 rings (SSSR count). The van der Waals surface area contributed by atoms with E-state index in [1.165, 1.54) is 0 Å². The maximum absolute atomic E-state index is 11.2. The molecular formula is C12H21O5. The lowest BCUT2D eigenvalue weighted by atomic mass is 10.2. The van der Waals surface area contributed by atoms with Gasteiger partial charge in [0.2, 0.25) is 6.29 Å². The number of carboxylic acids is 1. The minimum absolute atomic E-state index is 0.0775. The van der Waals surface area contributed by atoms with Crippen LogP contribution in [0.1, 0.15) is 45.4 Å². The Morgan fingerprint density at radius 1 is 1.24 bits per heavy atom. The Morgan fingerprint density at radius 2 is 1.88 bits per heavy atom. The molecule has 0 saturated heterocycles. The van der Waals surface area contributed by atoms with E-state index in [0.717, 1.165) is 12.8 Å². The van der Waals surface area contributed by atoms with Crippen LogP contribution in [0.2, 0.25) is 0 Å². The van der Waals surface area contributed by atoms with Crippen LogP contribution < -0.4 is 0 Å². The molecule has 0 aromatic heterocycles. The van der Waals surface area contributed by atoms with Gasteiger partial charge in [-0.3, -0.25) is 9.59 Å². The van der Waals surface area contributed by atoms with E-state index in [2.05, 4.69) is 6.92 Å². The van der Waals surface area contributed by atoms with E-state index in [-0.39, 0.29) is 12.8 Å². The van der Waals surface area contributed by atoms with Crippen molar-refractivity contribution in [3.63, 3.8) is 0 Å². The van der Waals surface area contributed by atoms with E-state index in [9.17, 15) is 9.59 Å². The van der Waals surface area contributed by atoms with Gasteiger partial charge >= 0.3 is 11.9 Å². The van der Waals surface area contributed by atoms with Crippen molar-refractivity contribution < 1.29 is 24.2 Å². The van der Waals surface area contributed by atoms with Gasteiger partial charge in [-0.1, -0.05) is 13.3 Å². The fourth-order valence-electron chi connectivity index (χ4n) is 1.14.